The molecule has 0 saturated carbocycles. The maximum Gasteiger partial charge on any atom is 0.307 e. The van der Waals surface area contributed by atoms with Crippen LogP contribution in [0.2, 0.25) is 0 Å². The number of amides is 2. The third-order valence-corrected chi connectivity index (χ3v) is 13.9. The minimum absolute atomic E-state index is 0.0207. The summed E-state index contributed by atoms with van der Waals surface area (Å²) in [6.07, 6.45) is 9.81. The first-order valence-electron chi connectivity index (χ1n) is 22.7. The molecule has 0 bridgehead atoms. The number of aromatic nitrogens is 6. The average molecular weight is 873 g/mol. The molecule has 2 aliphatic carbocycles. The SMILES string of the molecule is CCN1C(=O)C(CCO)(CCO)c2cc3[nH]c4c(c3cc21)CCCc1cn[nH]c1-4.CCOC(=O)CC1(CC(=O)OCC)C(=O)N(CC)c2cc3c4c([nH]c3cc21)-c1[nH]ncc1CCC4. The standard InChI is InChI=1S/C26H30N4O5.C22H26N4O3/c1-4-30-20-10-17-16-9-7-8-15-14-27-29-23(15)24(16)28-19(17)11-18(20)26(25(30)33,12-21(31)34-5-2)13-22(32)35-6-3;1-2-26-18-10-15-14-5-3-4-13-12-23-25-19(13)20(14)24-17(15)11-16(18)22(6-8-27,7-9-28)21(26)29/h10-11,14,28H,4-9,12-13H2,1-3H3,(H,27,29);10-12,24,27-28H,2-9H2,1H3,(H,23,25). The first-order valence-corrected chi connectivity index (χ1v) is 22.7. The van der Waals surface area contributed by atoms with E-state index in [1.54, 1.807) is 23.6 Å². The largest absolute Gasteiger partial charge is 0.466 e. The van der Waals surface area contributed by atoms with Crippen LogP contribution in [0.25, 0.3) is 44.6 Å². The number of fused-ring (bicyclic) bond motifs is 12. The molecule has 4 aromatic heterocycles. The van der Waals surface area contributed by atoms with Crippen LogP contribution >= 0.6 is 0 Å². The summed E-state index contributed by atoms with van der Waals surface area (Å²) in [6, 6.07) is 8.15. The van der Waals surface area contributed by atoms with Gasteiger partial charge in [0.25, 0.3) is 0 Å². The van der Waals surface area contributed by atoms with Crippen molar-refractivity contribution in [3.63, 3.8) is 0 Å². The van der Waals surface area contributed by atoms with Crippen LogP contribution in [0.3, 0.4) is 0 Å². The fourth-order valence-corrected chi connectivity index (χ4v) is 11.0. The van der Waals surface area contributed by atoms with E-state index >= 15 is 0 Å². The highest BCUT2D eigenvalue weighted by molar-refractivity contribution is 6.14. The van der Waals surface area contributed by atoms with Crippen molar-refractivity contribution in [2.45, 2.75) is 103 Å². The molecule has 0 unspecified atom stereocenters. The molecule has 6 N–H and O–H groups in total. The summed E-state index contributed by atoms with van der Waals surface area (Å²) in [4.78, 5) is 63.2. The van der Waals surface area contributed by atoms with Crippen LogP contribution in [0, 0.1) is 0 Å². The number of aryl methyl sites for hydroxylation is 4. The van der Waals surface area contributed by atoms with Crippen LogP contribution in [-0.4, -0.2) is 104 Å². The fraction of sp³-hybridized carbons (Fsp3) is 0.458. The smallest absolute Gasteiger partial charge is 0.307 e. The third-order valence-electron chi connectivity index (χ3n) is 13.9. The molecule has 0 spiro atoms. The van der Waals surface area contributed by atoms with Crippen molar-refractivity contribution in [1.82, 2.24) is 30.4 Å². The number of rotatable bonds is 12. The highest BCUT2D eigenvalue weighted by Crippen LogP contribution is 2.51. The van der Waals surface area contributed by atoms with E-state index in [-0.39, 0.29) is 51.1 Å². The lowest BCUT2D eigenvalue weighted by Crippen LogP contribution is -2.44. The first-order chi connectivity index (χ1) is 31.1. The monoisotopic (exact) mass is 872 g/mol. The lowest BCUT2D eigenvalue weighted by molar-refractivity contribution is -0.151. The molecule has 0 saturated heterocycles. The van der Waals surface area contributed by atoms with Gasteiger partial charge in [-0.25, -0.2) is 0 Å². The van der Waals surface area contributed by atoms with E-state index in [0.29, 0.717) is 31.5 Å². The van der Waals surface area contributed by atoms with Crippen LogP contribution in [-0.2, 0) is 65.2 Å². The fourth-order valence-electron chi connectivity index (χ4n) is 11.0. The second-order valence-corrected chi connectivity index (χ2v) is 17.2. The number of hydrogen-bond acceptors (Lipinski definition) is 10. The molecule has 10 rings (SSSR count). The second-order valence-electron chi connectivity index (χ2n) is 17.2. The Morgan fingerprint density at radius 3 is 1.50 bits per heavy atom. The molecular formula is C48H56N8O8. The predicted octanol–water partition coefficient (Wildman–Crippen LogP) is 5.97. The molecule has 0 atom stereocenters. The number of nitrogens with one attached hydrogen (secondary N) is 4. The Bertz CT molecular complexity index is 2770. The number of aliphatic hydroxyl groups is 2. The topological polar surface area (TPSA) is 223 Å². The Morgan fingerprint density at radius 1 is 0.641 bits per heavy atom. The average Bonchev–Trinajstić information content (AvgIpc) is 4.11. The van der Waals surface area contributed by atoms with Crippen molar-refractivity contribution in [2.24, 2.45) is 0 Å². The van der Waals surface area contributed by atoms with Crippen molar-refractivity contribution >= 4 is 56.9 Å². The van der Waals surface area contributed by atoms with Gasteiger partial charge in [0, 0.05) is 59.5 Å². The summed E-state index contributed by atoms with van der Waals surface area (Å²) in [7, 11) is 0. The van der Waals surface area contributed by atoms with Crippen molar-refractivity contribution in [2.75, 3.05) is 49.3 Å². The molecule has 4 aliphatic rings. The number of benzene rings is 2. The predicted molar refractivity (Wildman–Crippen MR) is 241 cm³/mol. The van der Waals surface area contributed by atoms with Crippen LogP contribution < -0.4 is 9.80 Å². The van der Waals surface area contributed by atoms with Crippen molar-refractivity contribution < 1.29 is 38.9 Å². The summed E-state index contributed by atoms with van der Waals surface area (Å²) in [5.74, 6) is -1.32. The molecule has 64 heavy (non-hydrogen) atoms. The van der Waals surface area contributed by atoms with E-state index in [4.69, 9.17) is 9.47 Å². The number of likely N-dealkylation sites (N-methyl/N-ethyl adjacent to an activating group) is 2. The Morgan fingerprint density at radius 2 is 1.08 bits per heavy atom. The number of esters is 2. The summed E-state index contributed by atoms with van der Waals surface area (Å²) < 4.78 is 10.4. The highest BCUT2D eigenvalue weighted by atomic mass is 16.5. The van der Waals surface area contributed by atoms with E-state index < -0.39 is 22.8 Å². The summed E-state index contributed by atoms with van der Waals surface area (Å²) in [5, 5.41) is 36.3. The molecule has 336 valence electrons. The Kier molecular flexibility index (Phi) is 11.4. The summed E-state index contributed by atoms with van der Waals surface area (Å²) in [5.41, 5.74) is 11.8. The minimum Gasteiger partial charge on any atom is -0.466 e. The zero-order valence-corrected chi connectivity index (χ0v) is 36.9. The van der Waals surface area contributed by atoms with E-state index in [2.05, 4.69) is 42.5 Å². The number of anilines is 2. The van der Waals surface area contributed by atoms with E-state index in [0.717, 1.165) is 100 Å². The maximum absolute atomic E-state index is 13.9. The second kappa shape index (κ2) is 17.0. The molecule has 0 fully saturated rings. The molecular weight excluding hydrogens is 817 g/mol. The van der Waals surface area contributed by atoms with Gasteiger partial charge in [0.15, 0.2) is 0 Å². The lowest BCUT2D eigenvalue weighted by atomic mass is 9.75. The molecule has 2 amide bonds. The normalized spacial score (nSPS) is 16.6. The van der Waals surface area contributed by atoms with Gasteiger partial charge in [-0.05, 0) is 137 Å². The molecule has 2 aromatic carbocycles. The quantitative estimate of drug-likeness (QED) is 0.0791. The Hall–Kier alpha value is -6.26. The van der Waals surface area contributed by atoms with Gasteiger partial charge in [0.2, 0.25) is 11.8 Å². The lowest BCUT2D eigenvalue weighted by Gasteiger charge is -2.27. The van der Waals surface area contributed by atoms with Gasteiger partial charge < -0.3 is 39.5 Å². The van der Waals surface area contributed by atoms with E-state index in [1.165, 1.54) is 22.3 Å². The van der Waals surface area contributed by atoms with Gasteiger partial charge in [-0.3, -0.25) is 29.4 Å². The number of hydrogen-bond donors (Lipinski definition) is 6. The molecule has 0 radical (unpaired) electrons. The third kappa shape index (κ3) is 6.71. The molecule has 6 aromatic rings. The number of aromatic amines is 4. The van der Waals surface area contributed by atoms with Gasteiger partial charge in [-0.1, -0.05) is 0 Å². The minimum atomic E-state index is -1.38. The van der Waals surface area contributed by atoms with Crippen LogP contribution in [0.5, 0.6) is 0 Å². The van der Waals surface area contributed by atoms with Crippen LogP contribution in [0.4, 0.5) is 11.4 Å². The van der Waals surface area contributed by atoms with E-state index in [9.17, 15) is 29.4 Å². The Labute approximate surface area is 370 Å². The van der Waals surface area contributed by atoms with E-state index in [1.807, 2.05) is 38.4 Å². The van der Waals surface area contributed by atoms with Crippen molar-refractivity contribution in [3.05, 3.63) is 70.0 Å². The highest BCUT2D eigenvalue weighted by Gasteiger charge is 2.54. The molecule has 6 heterocycles. The zero-order valence-electron chi connectivity index (χ0n) is 36.9. The van der Waals surface area contributed by atoms with Crippen LogP contribution in [0.1, 0.15) is 99.6 Å². The number of nitrogens with zero attached hydrogens (tertiary/aromatic N) is 4. The maximum atomic E-state index is 13.9. The molecule has 16 nitrogen and oxygen atoms in total. The van der Waals surface area contributed by atoms with Gasteiger partial charge in [0.1, 0.15) is 0 Å². The zero-order chi connectivity index (χ0) is 44.9. The number of carbonyl (C=O) groups excluding carboxylic acids is 4. The van der Waals surface area contributed by atoms with Crippen LogP contribution in [0.15, 0.2) is 36.7 Å². The van der Waals surface area contributed by atoms with Crippen molar-refractivity contribution in [3.8, 4) is 22.8 Å². The number of aliphatic hydroxyl groups excluding tert-OH is 2. The van der Waals surface area contributed by atoms with Gasteiger partial charge in [0.05, 0.1) is 72.1 Å². The summed E-state index contributed by atoms with van der Waals surface area (Å²) in [6.45, 7) is 8.48. The number of ether oxygens (including phenoxy) is 2. The van der Waals surface area contributed by atoms with Gasteiger partial charge in [-0.15, -0.1) is 0 Å². The number of carbonyl (C=O) groups is 4. The number of H-pyrrole nitrogens is 4. The van der Waals surface area contributed by atoms with Gasteiger partial charge in [-0.2, -0.15) is 10.2 Å². The molecule has 2 aliphatic heterocycles. The van der Waals surface area contributed by atoms with Crippen molar-refractivity contribution in [1.29, 1.82) is 0 Å². The Balaban J connectivity index is 0.000000165. The first kappa shape index (κ1) is 43.0. The summed E-state index contributed by atoms with van der Waals surface area (Å²) >= 11 is 0. The van der Waals surface area contributed by atoms with Gasteiger partial charge >= 0.3 is 11.9 Å². The molecule has 16 heteroatoms.